The molecule has 3 heterocycles. The van der Waals surface area contributed by atoms with Gasteiger partial charge in [0, 0.05) is 26.2 Å². The second kappa shape index (κ2) is 7.34. The van der Waals surface area contributed by atoms with Gasteiger partial charge >= 0.3 is 0 Å². The van der Waals surface area contributed by atoms with E-state index in [1.807, 2.05) is 0 Å². The predicted octanol–water partition coefficient (Wildman–Crippen LogP) is 2.11. The summed E-state index contributed by atoms with van der Waals surface area (Å²) < 4.78 is 21.0. The predicted molar refractivity (Wildman–Crippen MR) is 111 cm³/mol. The molecule has 0 unspecified atom stereocenters. The van der Waals surface area contributed by atoms with Crippen LogP contribution in [-0.4, -0.2) is 47.9 Å². The number of nitrogens with two attached hydrogens (primary N) is 1. The van der Waals surface area contributed by atoms with Gasteiger partial charge in [0.15, 0.2) is 23.1 Å². The fourth-order valence-corrected chi connectivity index (χ4v) is 3.75. The number of carbonyl (C=O) groups is 1. The second-order valence-corrected chi connectivity index (χ2v) is 7.28. The molecular weight excluding hydrogens is 387 g/mol. The molecule has 0 radical (unpaired) electrons. The van der Waals surface area contributed by atoms with Gasteiger partial charge in [-0.2, -0.15) is 0 Å². The smallest absolute Gasteiger partial charge is 0.269 e. The lowest BCUT2D eigenvalue weighted by Crippen LogP contribution is -2.59. The van der Waals surface area contributed by atoms with E-state index in [-0.39, 0.29) is 5.75 Å². The largest absolute Gasteiger partial charge is 0.454 e. The molecular formula is C21H21FN6O2. The molecule has 1 aromatic heterocycles. The van der Waals surface area contributed by atoms with Crippen LogP contribution < -0.4 is 26.0 Å². The summed E-state index contributed by atoms with van der Waals surface area (Å²) in [5.41, 5.74) is 7.33. The maximum absolute atomic E-state index is 13.8. The van der Waals surface area contributed by atoms with Gasteiger partial charge in [-0.15, -0.1) is 5.10 Å². The number of benzene rings is 2. The standard InChI is InChI=1S/C21H21FN6O2/c22-16-3-1-2-4-17(16)30-15-7-5-13(6-8-15)28-19(20(23)29)18-21(26-28)27(10-9-25-18)14-11-24-12-14/h1-8,14,24-25H,9-12H2,(H2,23,29). The molecule has 5 rings (SSSR count). The normalized spacial score (nSPS) is 15.8. The summed E-state index contributed by atoms with van der Waals surface area (Å²) in [6.45, 7) is 3.30. The molecule has 0 spiro atoms. The summed E-state index contributed by atoms with van der Waals surface area (Å²) in [4.78, 5) is 14.5. The van der Waals surface area contributed by atoms with E-state index in [1.165, 1.54) is 6.07 Å². The van der Waals surface area contributed by atoms with Crippen LogP contribution in [0.25, 0.3) is 5.69 Å². The molecule has 2 aliphatic rings. The highest BCUT2D eigenvalue weighted by Crippen LogP contribution is 2.35. The average molecular weight is 408 g/mol. The van der Waals surface area contributed by atoms with Gasteiger partial charge in [-0.25, -0.2) is 9.07 Å². The van der Waals surface area contributed by atoms with Crippen molar-refractivity contribution >= 4 is 17.4 Å². The van der Waals surface area contributed by atoms with Crippen molar-refractivity contribution < 1.29 is 13.9 Å². The maximum atomic E-state index is 13.8. The number of anilines is 2. The Morgan fingerprint density at radius 3 is 2.60 bits per heavy atom. The van der Waals surface area contributed by atoms with Crippen molar-refractivity contribution in [2.45, 2.75) is 6.04 Å². The molecule has 30 heavy (non-hydrogen) atoms. The Labute approximate surface area is 172 Å². The van der Waals surface area contributed by atoms with Gasteiger partial charge in [0.2, 0.25) is 0 Å². The molecule has 1 saturated heterocycles. The van der Waals surface area contributed by atoms with Gasteiger partial charge < -0.3 is 26.0 Å². The molecule has 0 saturated carbocycles. The first-order chi connectivity index (χ1) is 14.6. The molecule has 1 fully saturated rings. The number of rotatable bonds is 5. The molecule has 4 N–H and O–H groups in total. The Hall–Kier alpha value is -3.59. The molecule has 0 bridgehead atoms. The van der Waals surface area contributed by atoms with Crippen molar-refractivity contribution in [2.24, 2.45) is 5.73 Å². The summed E-state index contributed by atoms with van der Waals surface area (Å²) in [6.07, 6.45) is 0. The van der Waals surface area contributed by atoms with Gasteiger partial charge in [0.05, 0.1) is 11.7 Å². The van der Waals surface area contributed by atoms with E-state index in [9.17, 15) is 9.18 Å². The summed E-state index contributed by atoms with van der Waals surface area (Å²) in [7, 11) is 0. The van der Waals surface area contributed by atoms with Crippen LogP contribution in [0.5, 0.6) is 11.5 Å². The highest BCUT2D eigenvalue weighted by molar-refractivity contribution is 6.00. The zero-order chi connectivity index (χ0) is 20.7. The topological polar surface area (TPSA) is 97.4 Å². The number of fused-ring (bicyclic) bond motifs is 1. The van der Waals surface area contributed by atoms with E-state index in [0.29, 0.717) is 35.4 Å². The van der Waals surface area contributed by atoms with Crippen LogP contribution in [0.4, 0.5) is 15.9 Å². The van der Waals surface area contributed by atoms with Crippen LogP contribution in [0.3, 0.4) is 0 Å². The van der Waals surface area contributed by atoms with E-state index in [1.54, 1.807) is 47.1 Å². The third kappa shape index (κ3) is 3.13. The van der Waals surface area contributed by atoms with Gasteiger partial charge in [-0.3, -0.25) is 4.79 Å². The third-order valence-corrected chi connectivity index (χ3v) is 5.37. The maximum Gasteiger partial charge on any atom is 0.269 e. The molecule has 154 valence electrons. The highest BCUT2D eigenvalue weighted by Gasteiger charge is 2.34. The Balaban J connectivity index is 1.48. The number of nitrogens with one attached hydrogen (secondary N) is 2. The van der Waals surface area contributed by atoms with Gasteiger partial charge in [-0.05, 0) is 36.4 Å². The Bertz CT molecular complexity index is 1090. The van der Waals surface area contributed by atoms with E-state index in [2.05, 4.69) is 15.5 Å². The van der Waals surface area contributed by atoms with Crippen molar-refractivity contribution in [3.05, 3.63) is 60.0 Å². The lowest BCUT2D eigenvalue weighted by molar-refractivity contribution is 0.0993. The van der Waals surface area contributed by atoms with E-state index >= 15 is 0 Å². The Kier molecular flexibility index (Phi) is 4.51. The summed E-state index contributed by atoms with van der Waals surface area (Å²) in [5.74, 6) is 0.354. The number of hydrogen-bond acceptors (Lipinski definition) is 6. The first-order valence-electron chi connectivity index (χ1n) is 9.78. The Morgan fingerprint density at radius 2 is 1.93 bits per heavy atom. The van der Waals surface area contributed by atoms with Crippen LogP contribution in [0.1, 0.15) is 10.5 Å². The van der Waals surface area contributed by atoms with Crippen LogP contribution >= 0.6 is 0 Å². The summed E-state index contributed by atoms with van der Waals surface area (Å²) in [5, 5.41) is 11.2. The molecule has 3 aromatic rings. The SMILES string of the molecule is NC(=O)c1c2c(nn1-c1ccc(Oc3ccccc3F)cc1)N(C1CNC1)CCN2. The van der Waals surface area contributed by atoms with Crippen LogP contribution in [0.15, 0.2) is 48.5 Å². The molecule has 0 atom stereocenters. The minimum Gasteiger partial charge on any atom is -0.454 e. The number of para-hydroxylation sites is 1. The second-order valence-electron chi connectivity index (χ2n) is 7.28. The zero-order valence-electron chi connectivity index (χ0n) is 16.1. The quantitative estimate of drug-likeness (QED) is 0.598. The molecule has 2 aliphatic heterocycles. The third-order valence-electron chi connectivity index (χ3n) is 5.37. The van der Waals surface area contributed by atoms with Crippen LogP contribution in [0, 0.1) is 5.82 Å². The summed E-state index contributed by atoms with van der Waals surface area (Å²) >= 11 is 0. The van der Waals surface area contributed by atoms with Gasteiger partial charge in [-0.1, -0.05) is 12.1 Å². The first-order valence-corrected chi connectivity index (χ1v) is 9.78. The van der Waals surface area contributed by atoms with Crippen molar-refractivity contribution in [3.8, 4) is 17.2 Å². The molecule has 0 aliphatic carbocycles. The van der Waals surface area contributed by atoms with Gasteiger partial charge in [0.1, 0.15) is 11.4 Å². The summed E-state index contributed by atoms with van der Waals surface area (Å²) in [6, 6.07) is 13.5. The van der Waals surface area contributed by atoms with Gasteiger partial charge in [0.25, 0.3) is 5.91 Å². The van der Waals surface area contributed by atoms with Crippen molar-refractivity contribution in [2.75, 3.05) is 36.4 Å². The number of aromatic nitrogens is 2. The molecule has 1 amide bonds. The fourth-order valence-electron chi connectivity index (χ4n) is 3.75. The monoisotopic (exact) mass is 408 g/mol. The number of primary amides is 1. The average Bonchev–Trinajstić information content (AvgIpc) is 3.10. The molecule has 9 heteroatoms. The minimum absolute atomic E-state index is 0.145. The van der Waals surface area contributed by atoms with Crippen LogP contribution in [0.2, 0.25) is 0 Å². The number of halogens is 1. The van der Waals surface area contributed by atoms with Crippen molar-refractivity contribution in [1.82, 2.24) is 15.1 Å². The lowest BCUT2D eigenvalue weighted by Gasteiger charge is -2.40. The number of amides is 1. The number of ether oxygens (including phenoxy) is 1. The first kappa shape index (κ1) is 18.4. The fraction of sp³-hybridized carbons (Fsp3) is 0.238. The van der Waals surface area contributed by atoms with Crippen molar-refractivity contribution in [1.29, 1.82) is 0 Å². The number of nitrogens with zero attached hydrogens (tertiary/aromatic N) is 3. The number of hydrogen-bond donors (Lipinski definition) is 3. The van der Waals surface area contributed by atoms with E-state index in [0.717, 1.165) is 25.5 Å². The van der Waals surface area contributed by atoms with E-state index < -0.39 is 11.7 Å². The number of carbonyl (C=O) groups excluding carboxylic acids is 1. The molecule has 2 aromatic carbocycles. The molecule has 8 nitrogen and oxygen atoms in total. The highest BCUT2D eigenvalue weighted by atomic mass is 19.1. The Morgan fingerprint density at radius 1 is 1.17 bits per heavy atom. The van der Waals surface area contributed by atoms with Crippen LogP contribution in [-0.2, 0) is 0 Å². The van der Waals surface area contributed by atoms with E-state index in [4.69, 9.17) is 15.6 Å². The minimum atomic E-state index is -0.559. The van der Waals surface area contributed by atoms with Crippen molar-refractivity contribution in [3.63, 3.8) is 0 Å². The zero-order valence-corrected chi connectivity index (χ0v) is 16.1. The lowest BCUT2D eigenvalue weighted by atomic mass is 10.1.